The average molecular weight is 456 g/mol. The molecule has 1 saturated heterocycles. The number of nitrogens with one attached hydrogen (secondary N) is 2. The minimum atomic E-state index is -3.28. The summed E-state index contributed by atoms with van der Waals surface area (Å²) >= 11 is 7.23. The van der Waals surface area contributed by atoms with Crippen LogP contribution in [0.25, 0.3) is 0 Å². The molecule has 0 spiro atoms. The maximum absolute atomic E-state index is 12.7. The molecule has 7 nitrogen and oxygen atoms in total. The van der Waals surface area contributed by atoms with Gasteiger partial charge in [-0.3, -0.25) is 9.59 Å². The lowest BCUT2D eigenvalue weighted by Gasteiger charge is -2.31. The lowest BCUT2D eigenvalue weighted by molar-refractivity contribution is 0.0924. The third kappa shape index (κ3) is 5.36. The van der Waals surface area contributed by atoms with Crippen molar-refractivity contribution < 1.29 is 18.0 Å². The Hall–Kier alpha value is -1.94. The largest absolute Gasteiger partial charge is 0.347 e. The molecule has 1 atom stereocenters. The molecule has 0 radical (unpaired) electrons. The molecule has 2 N–H and O–H groups in total. The molecule has 1 aromatic carbocycles. The number of thiophene rings is 1. The van der Waals surface area contributed by atoms with E-state index in [-0.39, 0.29) is 24.4 Å². The van der Waals surface area contributed by atoms with Gasteiger partial charge in [-0.25, -0.2) is 12.7 Å². The van der Waals surface area contributed by atoms with Crippen LogP contribution in [0.1, 0.15) is 38.4 Å². The van der Waals surface area contributed by atoms with E-state index >= 15 is 0 Å². The number of hydrogen-bond acceptors (Lipinski definition) is 5. The summed E-state index contributed by atoms with van der Waals surface area (Å²) in [5.41, 5.74) is 1.09. The minimum absolute atomic E-state index is 0.242. The molecule has 0 bridgehead atoms. The van der Waals surface area contributed by atoms with Gasteiger partial charge in [-0.15, -0.1) is 11.3 Å². The van der Waals surface area contributed by atoms with Crippen molar-refractivity contribution in [1.29, 1.82) is 0 Å². The smallest absolute Gasteiger partial charge is 0.261 e. The van der Waals surface area contributed by atoms with Crippen LogP contribution in [0.5, 0.6) is 0 Å². The number of amides is 2. The summed E-state index contributed by atoms with van der Waals surface area (Å²) in [6, 6.07) is 8.23. The molecular formula is C19H22ClN3O4S2. The predicted octanol–water partition coefficient (Wildman–Crippen LogP) is 3.12. The fourth-order valence-corrected chi connectivity index (χ4v) is 5.31. The van der Waals surface area contributed by atoms with Crippen molar-refractivity contribution >= 4 is 49.8 Å². The van der Waals surface area contributed by atoms with E-state index in [0.29, 0.717) is 33.4 Å². The fraction of sp³-hybridized carbons (Fsp3) is 0.368. The Morgan fingerprint density at radius 2 is 1.97 bits per heavy atom. The highest BCUT2D eigenvalue weighted by molar-refractivity contribution is 7.88. The van der Waals surface area contributed by atoms with Crippen LogP contribution in [0.15, 0.2) is 30.3 Å². The number of aryl methyl sites for hydroxylation is 1. The Balaban J connectivity index is 1.67. The maximum Gasteiger partial charge on any atom is 0.261 e. The first kappa shape index (κ1) is 21.8. The van der Waals surface area contributed by atoms with E-state index in [1.807, 2.05) is 0 Å². The molecule has 3 rings (SSSR count). The van der Waals surface area contributed by atoms with Crippen LogP contribution in [0, 0.1) is 6.92 Å². The number of halogens is 1. The van der Waals surface area contributed by atoms with Crippen LogP contribution in [-0.2, 0) is 10.0 Å². The zero-order chi connectivity index (χ0) is 21.2. The third-order valence-corrected chi connectivity index (χ3v) is 7.42. The molecule has 0 saturated carbocycles. The lowest BCUT2D eigenvalue weighted by Crippen LogP contribution is -2.49. The molecule has 1 fully saturated rings. The van der Waals surface area contributed by atoms with Crippen LogP contribution < -0.4 is 10.6 Å². The number of nitrogens with zero attached hydrogens (tertiary/aromatic N) is 1. The summed E-state index contributed by atoms with van der Waals surface area (Å²) in [7, 11) is -3.28. The van der Waals surface area contributed by atoms with Crippen molar-refractivity contribution in [2.45, 2.75) is 25.8 Å². The molecule has 1 unspecified atom stereocenters. The van der Waals surface area contributed by atoms with E-state index < -0.39 is 10.0 Å². The molecular weight excluding hydrogens is 434 g/mol. The predicted molar refractivity (Wildman–Crippen MR) is 115 cm³/mol. The number of hydrogen-bond donors (Lipinski definition) is 2. The number of carbonyl (C=O) groups excluding carboxylic acids is 2. The number of piperidine rings is 1. The summed E-state index contributed by atoms with van der Waals surface area (Å²) in [5, 5.41) is 6.58. The van der Waals surface area contributed by atoms with Gasteiger partial charge >= 0.3 is 0 Å². The van der Waals surface area contributed by atoms with E-state index in [2.05, 4.69) is 10.6 Å². The van der Waals surface area contributed by atoms with E-state index in [1.54, 1.807) is 37.3 Å². The Labute approximate surface area is 179 Å². The molecule has 29 heavy (non-hydrogen) atoms. The van der Waals surface area contributed by atoms with Crippen molar-refractivity contribution in [3.05, 3.63) is 51.4 Å². The number of benzene rings is 1. The van der Waals surface area contributed by atoms with Crippen LogP contribution in [-0.4, -0.2) is 49.9 Å². The van der Waals surface area contributed by atoms with Gasteiger partial charge in [0.15, 0.2) is 0 Å². The molecule has 1 aromatic heterocycles. The molecule has 0 aliphatic carbocycles. The second-order valence-corrected chi connectivity index (χ2v) is 10.4. The quantitative estimate of drug-likeness (QED) is 0.724. The molecule has 2 amide bonds. The highest BCUT2D eigenvalue weighted by Gasteiger charge is 2.28. The summed E-state index contributed by atoms with van der Waals surface area (Å²) < 4.78 is 24.9. The van der Waals surface area contributed by atoms with E-state index in [0.717, 1.165) is 12.0 Å². The summed E-state index contributed by atoms with van der Waals surface area (Å²) in [6.07, 6.45) is 2.59. The molecule has 2 heterocycles. The van der Waals surface area contributed by atoms with Gasteiger partial charge < -0.3 is 10.6 Å². The van der Waals surface area contributed by atoms with Crippen molar-refractivity contribution in [3.63, 3.8) is 0 Å². The van der Waals surface area contributed by atoms with Crippen LogP contribution in [0.2, 0.25) is 5.02 Å². The monoisotopic (exact) mass is 455 g/mol. The van der Waals surface area contributed by atoms with Crippen molar-refractivity contribution in [2.75, 3.05) is 24.7 Å². The first-order valence-corrected chi connectivity index (χ1v) is 12.1. The van der Waals surface area contributed by atoms with Crippen LogP contribution >= 0.6 is 22.9 Å². The van der Waals surface area contributed by atoms with E-state index in [1.165, 1.54) is 21.9 Å². The zero-order valence-electron chi connectivity index (χ0n) is 16.1. The Bertz CT molecular complexity index is 1040. The summed E-state index contributed by atoms with van der Waals surface area (Å²) in [5.74, 6) is -0.619. The summed E-state index contributed by atoms with van der Waals surface area (Å²) in [4.78, 5) is 25.6. The van der Waals surface area contributed by atoms with Crippen LogP contribution in [0.4, 0.5) is 5.00 Å². The first-order valence-electron chi connectivity index (χ1n) is 9.07. The van der Waals surface area contributed by atoms with Gasteiger partial charge in [0.2, 0.25) is 10.0 Å². The Morgan fingerprint density at radius 3 is 2.66 bits per heavy atom. The fourth-order valence-electron chi connectivity index (χ4n) is 3.21. The third-order valence-electron chi connectivity index (χ3n) is 4.67. The number of anilines is 1. The Kier molecular flexibility index (Phi) is 6.62. The number of rotatable bonds is 5. The molecule has 156 valence electrons. The van der Waals surface area contributed by atoms with Crippen molar-refractivity contribution in [2.24, 2.45) is 0 Å². The SMILES string of the molecule is Cc1cc(NC(=O)c2ccccc2Cl)sc1C(=O)NC1CCCN(S(C)(=O)=O)C1. The number of sulfonamides is 1. The standard InChI is InChI=1S/C19H22ClN3O4S2/c1-12-10-16(22-18(24)14-7-3-4-8-15(14)20)28-17(12)19(25)21-13-6-5-9-23(11-13)29(2,26)27/h3-4,7-8,10,13H,5-6,9,11H2,1-2H3,(H,21,25)(H,22,24). The Morgan fingerprint density at radius 1 is 1.24 bits per heavy atom. The average Bonchev–Trinajstić information content (AvgIpc) is 3.01. The lowest BCUT2D eigenvalue weighted by atomic mass is 10.1. The first-order chi connectivity index (χ1) is 13.6. The second kappa shape index (κ2) is 8.83. The molecule has 1 aliphatic rings. The number of carbonyl (C=O) groups is 2. The topological polar surface area (TPSA) is 95.6 Å². The van der Waals surface area contributed by atoms with Gasteiger partial charge in [0.25, 0.3) is 11.8 Å². The van der Waals surface area contributed by atoms with Crippen LogP contribution in [0.3, 0.4) is 0 Å². The van der Waals surface area contributed by atoms with Gasteiger partial charge in [0.1, 0.15) is 0 Å². The van der Waals surface area contributed by atoms with Crippen molar-refractivity contribution in [1.82, 2.24) is 9.62 Å². The minimum Gasteiger partial charge on any atom is -0.347 e. The summed E-state index contributed by atoms with van der Waals surface area (Å²) in [6.45, 7) is 2.53. The molecule has 10 heteroatoms. The van der Waals surface area contributed by atoms with Gasteiger partial charge in [-0.2, -0.15) is 0 Å². The van der Waals surface area contributed by atoms with Gasteiger partial charge in [-0.05, 0) is 43.5 Å². The molecule has 2 aromatic rings. The van der Waals surface area contributed by atoms with Gasteiger partial charge in [-0.1, -0.05) is 23.7 Å². The van der Waals surface area contributed by atoms with Gasteiger partial charge in [0, 0.05) is 19.1 Å². The normalized spacial score (nSPS) is 17.7. The van der Waals surface area contributed by atoms with Gasteiger partial charge in [0.05, 0.1) is 26.7 Å². The maximum atomic E-state index is 12.7. The van der Waals surface area contributed by atoms with E-state index in [4.69, 9.17) is 11.6 Å². The zero-order valence-corrected chi connectivity index (χ0v) is 18.5. The van der Waals surface area contributed by atoms with Crippen molar-refractivity contribution in [3.8, 4) is 0 Å². The highest BCUT2D eigenvalue weighted by atomic mass is 35.5. The van der Waals surface area contributed by atoms with E-state index in [9.17, 15) is 18.0 Å². The highest BCUT2D eigenvalue weighted by Crippen LogP contribution is 2.28. The molecule has 1 aliphatic heterocycles. The second-order valence-electron chi connectivity index (χ2n) is 6.99.